The van der Waals surface area contributed by atoms with Gasteiger partial charge in [0.25, 0.3) is 11.6 Å². The smallest absolute Gasteiger partial charge is 0.378 e. The average molecular weight is 670 g/mol. The molecule has 0 bridgehead atoms. The second kappa shape index (κ2) is 12.6. The van der Waals surface area contributed by atoms with Gasteiger partial charge in [-0.3, -0.25) is 10.5 Å². The van der Waals surface area contributed by atoms with E-state index < -0.39 is 17.4 Å². The van der Waals surface area contributed by atoms with Gasteiger partial charge in [0, 0.05) is 34.1 Å². The zero-order valence-electron chi connectivity index (χ0n) is 22.7. The number of hydrogen-bond acceptors (Lipinski definition) is 6. The van der Waals surface area contributed by atoms with Crippen LogP contribution in [0, 0.1) is 0 Å². The van der Waals surface area contributed by atoms with Gasteiger partial charge in [-0.15, -0.1) is 0 Å². The maximum absolute atomic E-state index is 12.7. The molecule has 0 aliphatic carbocycles. The molecule has 3 N–H and O–H groups in total. The van der Waals surface area contributed by atoms with Gasteiger partial charge in [0.1, 0.15) is 5.52 Å². The van der Waals surface area contributed by atoms with Gasteiger partial charge in [0.2, 0.25) is 0 Å². The van der Waals surface area contributed by atoms with E-state index in [-0.39, 0.29) is 36.0 Å². The third-order valence-corrected chi connectivity index (χ3v) is 7.48. The number of halogens is 3. The van der Waals surface area contributed by atoms with Crippen molar-refractivity contribution in [2.45, 2.75) is 19.1 Å². The Kier molecular flexibility index (Phi) is 9.37. The fourth-order valence-corrected chi connectivity index (χ4v) is 5.32. The zero-order valence-corrected chi connectivity index (χ0v) is 25.8. The number of pyridine rings is 1. The van der Waals surface area contributed by atoms with E-state index in [2.05, 4.69) is 4.98 Å². The molecule has 0 aliphatic rings. The van der Waals surface area contributed by atoms with Crippen molar-refractivity contribution in [1.29, 1.82) is 0 Å². The second-order valence-corrected chi connectivity index (χ2v) is 10.4. The lowest BCUT2D eigenvalue weighted by atomic mass is 9.82. The van der Waals surface area contributed by atoms with Crippen LogP contribution in [0.25, 0.3) is 22.0 Å². The molecule has 0 aliphatic heterocycles. The number of anilines is 1. The summed E-state index contributed by atoms with van der Waals surface area (Å²) in [6, 6.07) is 21.4. The predicted octanol–water partition coefficient (Wildman–Crippen LogP) is 1.84. The SMILES string of the molecule is CCOC(=O)C(=O)C[n+]1c(N)cc(-c2cccc(Cl)c2)c2cc(C(O)(c3ccc(Cl)cc3)c3cncn3C)ccc21.[Br-]. The molecule has 5 rings (SSSR count). The van der Waals surface area contributed by atoms with E-state index in [1.165, 1.54) is 0 Å². The fourth-order valence-electron chi connectivity index (χ4n) is 5.01. The van der Waals surface area contributed by atoms with Crippen LogP contribution < -0.4 is 27.3 Å². The lowest BCUT2D eigenvalue weighted by Gasteiger charge is -2.30. The Bertz CT molecular complexity index is 1790. The molecule has 1 atom stereocenters. The van der Waals surface area contributed by atoms with Crippen molar-refractivity contribution in [3.63, 3.8) is 0 Å². The van der Waals surface area contributed by atoms with Crippen LogP contribution in [-0.2, 0) is 33.5 Å². The van der Waals surface area contributed by atoms with Gasteiger partial charge in [-0.05, 0) is 60.0 Å². The molecule has 0 radical (unpaired) electrons. The number of ketones is 1. The molecule has 1 unspecified atom stereocenters. The summed E-state index contributed by atoms with van der Waals surface area (Å²) in [6.07, 6.45) is 3.22. The minimum Gasteiger partial charge on any atom is -1.00 e. The number of aliphatic hydroxyl groups is 1. The second-order valence-electron chi connectivity index (χ2n) is 9.56. The van der Waals surface area contributed by atoms with Crippen molar-refractivity contribution in [3.8, 4) is 11.1 Å². The van der Waals surface area contributed by atoms with Crippen LogP contribution in [0.3, 0.4) is 0 Å². The van der Waals surface area contributed by atoms with Crippen LogP contribution in [0.2, 0.25) is 10.0 Å². The van der Waals surface area contributed by atoms with Gasteiger partial charge in [0.05, 0.1) is 24.8 Å². The molecule has 3 aromatic carbocycles. The first-order valence-corrected chi connectivity index (χ1v) is 13.6. The summed E-state index contributed by atoms with van der Waals surface area (Å²) in [5, 5.41) is 14.2. The Balaban J connectivity index is 0.00000405. The van der Waals surface area contributed by atoms with E-state index in [0.717, 1.165) is 11.1 Å². The maximum atomic E-state index is 12.7. The number of fused-ring (bicyclic) bond motifs is 1. The lowest BCUT2D eigenvalue weighted by Crippen LogP contribution is -3.00. The minimum absolute atomic E-state index is 0. The van der Waals surface area contributed by atoms with E-state index >= 15 is 0 Å². The van der Waals surface area contributed by atoms with Crippen molar-refractivity contribution < 1.29 is 41.0 Å². The Hall–Kier alpha value is -3.76. The average Bonchev–Trinajstić information content (AvgIpc) is 3.40. The van der Waals surface area contributed by atoms with Crippen molar-refractivity contribution in [1.82, 2.24) is 9.55 Å². The van der Waals surface area contributed by atoms with Crippen molar-refractivity contribution in [2.75, 3.05) is 12.3 Å². The molecule has 0 spiro atoms. The highest BCUT2D eigenvalue weighted by molar-refractivity contribution is 6.33. The molecule has 0 saturated carbocycles. The minimum atomic E-state index is -1.62. The highest BCUT2D eigenvalue weighted by atomic mass is 79.9. The number of aromatic nitrogens is 3. The highest BCUT2D eigenvalue weighted by Crippen LogP contribution is 2.40. The number of ether oxygens (including phenoxy) is 1. The van der Waals surface area contributed by atoms with Crippen LogP contribution in [0.4, 0.5) is 5.82 Å². The number of Topliss-reactive ketones (excluding diaryl/α,β-unsaturated/α-hetero) is 1. The standard InChI is InChI=1S/C31H26Cl2N4O4.BrH/c1-3-41-30(39)27(38)17-37-26-12-9-21(14-25(26)24(15-29(37)34)19-5-4-6-23(33)13-19)31(40,28-16-35-18-36(28)2)20-7-10-22(32)11-8-20;/h4-16,18,34,40H,3,17H2,1-2H3;1H. The van der Waals surface area contributed by atoms with Crippen LogP contribution in [0.15, 0.2) is 85.3 Å². The largest absolute Gasteiger partial charge is 1.00 e. The molecule has 0 fully saturated rings. The van der Waals surface area contributed by atoms with E-state index in [1.807, 2.05) is 24.3 Å². The first kappa shape index (κ1) is 31.2. The number of aryl methyl sites for hydroxylation is 1. The topological polar surface area (TPSA) is 111 Å². The van der Waals surface area contributed by atoms with E-state index in [9.17, 15) is 14.7 Å². The molecule has 11 heteroatoms. The van der Waals surface area contributed by atoms with Gasteiger partial charge in [-0.25, -0.2) is 14.3 Å². The van der Waals surface area contributed by atoms with Crippen molar-refractivity contribution >= 4 is 51.7 Å². The number of rotatable bonds is 8. The summed E-state index contributed by atoms with van der Waals surface area (Å²) in [5.41, 5.74) is 8.57. The van der Waals surface area contributed by atoms with Gasteiger partial charge >= 0.3 is 5.97 Å². The predicted molar refractivity (Wildman–Crippen MR) is 157 cm³/mol. The molecule has 8 nitrogen and oxygen atoms in total. The van der Waals surface area contributed by atoms with E-state index in [4.69, 9.17) is 33.7 Å². The number of nitrogens with two attached hydrogens (primary N) is 1. The van der Waals surface area contributed by atoms with Crippen molar-refractivity contribution in [3.05, 3.63) is 112 Å². The molecule has 42 heavy (non-hydrogen) atoms. The normalized spacial score (nSPS) is 12.4. The number of imidazole rings is 1. The van der Waals surface area contributed by atoms with Gasteiger partial charge in [-0.2, -0.15) is 0 Å². The maximum Gasteiger partial charge on any atom is 0.378 e. The third-order valence-electron chi connectivity index (χ3n) is 6.99. The number of nitrogen functional groups attached to an aromatic ring is 1. The summed E-state index contributed by atoms with van der Waals surface area (Å²) >= 11 is 12.5. The van der Waals surface area contributed by atoms with Crippen LogP contribution in [0.5, 0.6) is 0 Å². The molecular weight excluding hydrogens is 643 g/mol. The van der Waals surface area contributed by atoms with Crippen LogP contribution in [0.1, 0.15) is 23.7 Å². The monoisotopic (exact) mass is 668 g/mol. The molecule has 2 heterocycles. The first-order chi connectivity index (χ1) is 19.6. The summed E-state index contributed by atoms with van der Waals surface area (Å²) in [5.74, 6) is -1.41. The Morgan fingerprint density at radius 3 is 2.38 bits per heavy atom. The zero-order chi connectivity index (χ0) is 29.3. The van der Waals surface area contributed by atoms with Gasteiger partial charge in [-0.1, -0.05) is 53.5 Å². The number of carbonyl (C=O) groups is 2. The van der Waals surface area contributed by atoms with Crippen LogP contribution in [-0.4, -0.2) is 33.0 Å². The fraction of sp³-hybridized carbons (Fsp3) is 0.161. The molecule has 0 amide bonds. The quantitative estimate of drug-likeness (QED) is 0.148. The number of hydrogen-bond donors (Lipinski definition) is 2. The first-order valence-electron chi connectivity index (χ1n) is 12.8. The van der Waals surface area contributed by atoms with E-state index in [0.29, 0.717) is 37.8 Å². The van der Waals surface area contributed by atoms with Crippen LogP contribution >= 0.6 is 23.2 Å². The number of benzene rings is 3. The summed E-state index contributed by atoms with van der Waals surface area (Å²) < 4.78 is 8.20. The van der Waals surface area contributed by atoms with Gasteiger partial charge < -0.3 is 31.4 Å². The Morgan fingerprint density at radius 2 is 1.74 bits per heavy atom. The molecule has 2 aromatic heterocycles. The molecule has 0 saturated heterocycles. The highest BCUT2D eigenvalue weighted by Gasteiger charge is 2.37. The molecule has 5 aromatic rings. The number of esters is 1. The summed E-state index contributed by atoms with van der Waals surface area (Å²) in [7, 11) is 1.80. The number of carbonyl (C=O) groups excluding carboxylic acids is 2. The van der Waals surface area contributed by atoms with E-state index in [1.54, 1.807) is 84.2 Å². The number of nitrogens with zero attached hydrogens (tertiary/aromatic N) is 3. The third kappa shape index (κ3) is 5.78. The molecular formula is C31H27BrCl2N4O4. The summed E-state index contributed by atoms with van der Waals surface area (Å²) in [6.45, 7) is 1.40. The summed E-state index contributed by atoms with van der Waals surface area (Å²) in [4.78, 5) is 29.1. The Labute approximate surface area is 263 Å². The Morgan fingerprint density at radius 1 is 1.02 bits per heavy atom. The lowest BCUT2D eigenvalue weighted by molar-refractivity contribution is -0.643. The molecule has 216 valence electrons. The van der Waals surface area contributed by atoms with Gasteiger partial charge in [0.15, 0.2) is 12.1 Å². The van der Waals surface area contributed by atoms with Crippen molar-refractivity contribution in [2.24, 2.45) is 7.05 Å².